The van der Waals surface area contributed by atoms with Gasteiger partial charge in [-0.25, -0.2) is 4.79 Å². The maximum absolute atomic E-state index is 12.4. The predicted molar refractivity (Wildman–Crippen MR) is 88.8 cm³/mol. The number of rotatable bonds is 6. The Bertz CT molecular complexity index is 609. The number of carboxylic acid groups (broad SMARTS) is 1. The summed E-state index contributed by atoms with van der Waals surface area (Å²) in [6.07, 6.45) is 0.0745. The van der Waals surface area contributed by atoms with Gasteiger partial charge in [-0.15, -0.1) is 0 Å². The number of amides is 1. The molecule has 1 aromatic heterocycles. The third kappa shape index (κ3) is 4.35. The van der Waals surface area contributed by atoms with Gasteiger partial charge in [0.05, 0.1) is 18.8 Å². The highest BCUT2D eigenvalue weighted by Crippen LogP contribution is 2.17. The molecular weight excluding hydrogens is 310 g/mol. The van der Waals surface area contributed by atoms with Crippen molar-refractivity contribution in [2.24, 2.45) is 5.92 Å². The number of aryl methyl sites for hydroxylation is 1. The zero-order chi connectivity index (χ0) is 17.9. The van der Waals surface area contributed by atoms with Crippen LogP contribution in [0, 0.1) is 19.8 Å². The van der Waals surface area contributed by atoms with E-state index >= 15 is 0 Å². The van der Waals surface area contributed by atoms with Crippen LogP contribution in [0.2, 0.25) is 0 Å². The van der Waals surface area contributed by atoms with Gasteiger partial charge in [-0.3, -0.25) is 9.48 Å². The minimum atomic E-state index is -1.02. The summed E-state index contributed by atoms with van der Waals surface area (Å²) < 4.78 is 7.16. The maximum atomic E-state index is 12.4. The molecule has 2 heterocycles. The Morgan fingerprint density at radius 2 is 2.08 bits per heavy atom. The van der Waals surface area contributed by atoms with Gasteiger partial charge in [0.25, 0.3) is 0 Å². The summed E-state index contributed by atoms with van der Waals surface area (Å²) in [6, 6.07) is 0. The molecule has 0 aliphatic carbocycles. The summed E-state index contributed by atoms with van der Waals surface area (Å²) in [4.78, 5) is 25.0. The molecule has 134 valence electrons. The second kappa shape index (κ2) is 7.79. The number of carbonyl (C=O) groups is 2. The highest BCUT2D eigenvalue weighted by atomic mass is 16.5. The molecule has 0 bridgehead atoms. The van der Waals surface area contributed by atoms with Gasteiger partial charge in [-0.2, -0.15) is 5.10 Å². The number of carboxylic acids is 1. The van der Waals surface area contributed by atoms with Crippen LogP contribution >= 0.6 is 0 Å². The van der Waals surface area contributed by atoms with Crippen molar-refractivity contribution in [2.45, 2.75) is 53.2 Å². The van der Waals surface area contributed by atoms with Gasteiger partial charge >= 0.3 is 5.97 Å². The highest BCUT2D eigenvalue weighted by Gasteiger charge is 2.28. The summed E-state index contributed by atoms with van der Waals surface area (Å²) in [7, 11) is 0. The van der Waals surface area contributed by atoms with Crippen LogP contribution in [0.3, 0.4) is 0 Å². The molecule has 1 aliphatic rings. The van der Waals surface area contributed by atoms with Gasteiger partial charge in [-0.05, 0) is 31.7 Å². The lowest BCUT2D eigenvalue weighted by Gasteiger charge is -2.31. The number of aromatic nitrogens is 2. The Kier molecular flexibility index (Phi) is 5.99. The van der Waals surface area contributed by atoms with Crippen molar-refractivity contribution in [2.75, 3.05) is 19.7 Å². The van der Waals surface area contributed by atoms with Crippen molar-refractivity contribution >= 4 is 11.9 Å². The predicted octanol–water partition coefficient (Wildman–Crippen LogP) is 1.40. The fourth-order valence-corrected chi connectivity index (χ4v) is 3.03. The Labute approximate surface area is 142 Å². The number of carbonyl (C=O) groups excluding carboxylic acids is 1. The first-order valence-electron chi connectivity index (χ1n) is 8.44. The van der Waals surface area contributed by atoms with Gasteiger partial charge in [0.15, 0.2) is 6.10 Å². The van der Waals surface area contributed by atoms with Gasteiger partial charge in [-0.1, -0.05) is 13.8 Å². The molecule has 24 heavy (non-hydrogen) atoms. The monoisotopic (exact) mass is 337 g/mol. The second-order valence-electron chi connectivity index (χ2n) is 6.76. The summed E-state index contributed by atoms with van der Waals surface area (Å²) in [5.41, 5.74) is 3.19. The Hall–Kier alpha value is -1.89. The van der Waals surface area contributed by atoms with Crippen LogP contribution in [-0.2, 0) is 27.3 Å². The van der Waals surface area contributed by atoms with Crippen LogP contribution < -0.4 is 0 Å². The molecule has 7 nitrogen and oxygen atoms in total. The lowest BCUT2D eigenvalue weighted by molar-refractivity contribution is -0.159. The third-order valence-corrected chi connectivity index (χ3v) is 4.35. The first kappa shape index (κ1) is 18.4. The van der Waals surface area contributed by atoms with Crippen molar-refractivity contribution in [1.29, 1.82) is 0 Å². The van der Waals surface area contributed by atoms with E-state index < -0.39 is 12.1 Å². The Morgan fingerprint density at radius 3 is 2.71 bits per heavy atom. The van der Waals surface area contributed by atoms with Crippen LogP contribution in [0.5, 0.6) is 0 Å². The van der Waals surface area contributed by atoms with Gasteiger partial charge < -0.3 is 14.7 Å². The normalized spacial score (nSPS) is 18.2. The average Bonchev–Trinajstić information content (AvgIpc) is 2.78. The molecule has 1 fully saturated rings. The molecule has 0 aromatic carbocycles. The first-order chi connectivity index (χ1) is 11.3. The lowest BCUT2D eigenvalue weighted by Crippen LogP contribution is -2.48. The van der Waals surface area contributed by atoms with E-state index in [0.717, 1.165) is 23.5 Å². The van der Waals surface area contributed by atoms with Crippen molar-refractivity contribution in [3.05, 3.63) is 17.0 Å². The fraction of sp³-hybridized carbons (Fsp3) is 0.706. The van der Waals surface area contributed by atoms with Crippen LogP contribution in [0.15, 0.2) is 0 Å². The molecule has 1 unspecified atom stereocenters. The van der Waals surface area contributed by atoms with Crippen LogP contribution in [0.4, 0.5) is 0 Å². The summed E-state index contributed by atoms with van der Waals surface area (Å²) >= 11 is 0. The number of ether oxygens (including phenoxy) is 1. The maximum Gasteiger partial charge on any atom is 0.334 e. The van der Waals surface area contributed by atoms with Crippen molar-refractivity contribution < 1.29 is 19.4 Å². The number of hydrogen-bond acceptors (Lipinski definition) is 4. The summed E-state index contributed by atoms with van der Waals surface area (Å²) in [6.45, 7) is 10.0. The molecule has 1 aromatic rings. The minimum Gasteiger partial charge on any atom is -0.479 e. The van der Waals surface area contributed by atoms with Crippen LogP contribution in [-0.4, -0.2) is 57.5 Å². The topological polar surface area (TPSA) is 84.7 Å². The van der Waals surface area contributed by atoms with E-state index in [9.17, 15) is 9.59 Å². The SMILES string of the molecule is Cc1nn(CC(C)C)c(C)c1CCC(=O)N1CCOC(C(=O)O)C1. The Balaban J connectivity index is 1.96. The molecule has 0 spiro atoms. The molecule has 1 aliphatic heterocycles. The molecule has 1 amide bonds. The molecule has 1 saturated heterocycles. The van der Waals surface area contributed by atoms with Crippen LogP contribution in [0.1, 0.15) is 37.2 Å². The van der Waals surface area contributed by atoms with Crippen LogP contribution in [0.25, 0.3) is 0 Å². The number of morpholine rings is 1. The van der Waals surface area contributed by atoms with E-state index in [1.54, 1.807) is 4.90 Å². The quantitative estimate of drug-likeness (QED) is 0.848. The number of hydrogen-bond donors (Lipinski definition) is 1. The lowest BCUT2D eigenvalue weighted by atomic mass is 10.1. The molecule has 1 N–H and O–H groups in total. The van der Waals surface area contributed by atoms with E-state index in [0.29, 0.717) is 25.3 Å². The van der Waals surface area contributed by atoms with E-state index in [1.165, 1.54) is 0 Å². The molecule has 0 radical (unpaired) electrons. The molecule has 1 atom stereocenters. The van der Waals surface area contributed by atoms with Crippen molar-refractivity contribution in [3.63, 3.8) is 0 Å². The van der Waals surface area contributed by atoms with Gasteiger partial charge in [0.2, 0.25) is 5.91 Å². The Morgan fingerprint density at radius 1 is 1.38 bits per heavy atom. The minimum absolute atomic E-state index is 0.0278. The van der Waals surface area contributed by atoms with E-state index in [-0.39, 0.29) is 19.1 Å². The fourth-order valence-electron chi connectivity index (χ4n) is 3.03. The highest BCUT2D eigenvalue weighted by molar-refractivity contribution is 5.79. The summed E-state index contributed by atoms with van der Waals surface area (Å²) in [5, 5.41) is 13.6. The molecule has 7 heteroatoms. The molecule has 2 rings (SSSR count). The van der Waals surface area contributed by atoms with Gasteiger partial charge in [0, 0.05) is 25.2 Å². The van der Waals surface area contributed by atoms with E-state index in [4.69, 9.17) is 9.84 Å². The van der Waals surface area contributed by atoms with Gasteiger partial charge in [0.1, 0.15) is 0 Å². The first-order valence-corrected chi connectivity index (χ1v) is 8.44. The van der Waals surface area contributed by atoms with Crippen molar-refractivity contribution in [1.82, 2.24) is 14.7 Å². The second-order valence-corrected chi connectivity index (χ2v) is 6.76. The smallest absolute Gasteiger partial charge is 0.334 e. The molecule has 0 saturated carbocycles. The average molecular weight is 337 g/mol. The zero-order valence-electron chi connectivity index (χ0n) is 14.9. The number of aliphatic carboxylic acids is 1. The molecular formula is C17H27N3O4. The zero-order valence-corrected chi connectivity index (χ0v) is 14.9. The summed E-state index contributed by atoms with van der Waals surface area (Å²) in [5.74, 6) is -0.534. The van der Waals surface area contributed by atoms with E-state index in [2.05, 4.69) is 18.9 Å². The third-order valence-electron chi connectivity index (χ3n) is 4.35. The number of nitrogens with zero attached hydrogens (tertiary/aromatic N) is 3. The standard InChI is InChI=1S/C17H27N3O4/c1-11(2)9-20-13(4)14(12(3)18-20)5-6-16(21)19-7-8-24-15(10-19)17(22)23/h11,15H,5-10H2,1-4H3,(H,22,23). The van der Waals surface area contributed by atoms with Crippen molar-refractivity contribution in [3.8, 4) is 0 Å². The largest absolute Gasteiger partial charge is 0.479 e. The van der Waals surface area contributed by atoms with E-state index in [1.807, 2.05) is 18.5 Å².